The number of hydrogen-bond acceptors (Lipinski definition) is 0. The molecule has 1 saturated carbocycles. The van der Waals surface area contributed by atoms with E-state index in [0.29, 0.717) is 5.92 Å². The third-order valence-corrected chi connectivity index (χ3v) is 4.59. The van der Waals surface area contributed by atoms with Crippen LogP contribution in [0.25, 0.3) is 0 Å². The van der Waals surface area contributed by atoms with Gasteiger partial charge in [-0.3, -0.25) is 0 Å². The summed E-state index contributed by atoms with van der Waals surface area (Å²) in [4.78, 5) is 0. The van der Waals surface area contributed by atoms with Crippen molar-refractivity contribution in [2.75, 3.05) is 5.88 Å². The number of hydrogen-bond donors (Lipinski definition) is 0. The molecule has 17 heavy (non-hydrogen) atoms. The molecule has 0 spiro atoms. The minimum atomic E-state index is 0.687. The van der Waals surface area contributed by atoms with E-state index >= 15 is 0 Å². The van der Waals surface area contributed by atoms with Crippen molar-refractivity contribution in [3.63, 3.8) is 0 Å². The van der Waals surface area contributed by atoms with Crippen LogP contribution >= 0.6 is 11.6 Å². The molecule has 1 aliphatic rings. The highest BCUT2D eigenvalue weighted by molar-refractivity contribution is 6.18. The highest BCUT2D eigenvalue weighted by Crippen LogP contribution is 2.33. The second-order valence-corrected chi connectivity index (χ2v) is 5.64. The van der Waals surface area contributed by atoms with Gasteiger partial charge in [-0.1, -0.05) is 56.9 Å². The normalized spacial score (nSPS) is 18.5. The van der Waals surface area contributed by atoms with Crippen LogP contribution in [0.3, 0.4) is 0 Å². The second kappa shape index (κ2) is 6.44. The van der Waals surface area contributed by atoms with E-state index in [1.54, 1.807) is 0 Å². The van der Waals surface area contributed by atoms with E-state index < -0.39 is 0 Å². The average molecular weight is 251 g/mol. The Morgan fingerprint density at radius 3 is 2.24 bits per heavy atom. The molecule has 0 amide bonds. The smallest absolute Gasteiger partial charge is 0.0257 e. The number of rotatable bonds is 5. The van der Waals surface area contributed by atoms with Crippen molar-refractivity contribution in [1.82, 2.24) is 0 Å². The Kier molecular flexibility index (Phi) is 4.91. The third kappa shape index (κ3) is 3.48. The molecule has 1 atom stereocenters. The van der Waals surface area contributed by atoms with E-state index in [-0.39, 0.29) is 0 Å². The number of benzene rings is 1. The van der Waals surface area contributed by atoms with E-state index in [1.807, 2.05) is 0 Å². The van der Waals surface area contributed by atoms with Gasteiger partial charge < -0.3 is 0 Å². The van der Waals surface area contributed by atoms with Gasteiger partial charge in [-0.2, -0.15) is 0 Å². The SMILES string of the molecule is CCc1ccc(CC(CCl)C2CCCC2)cc1. The first kappa shape index (κ1) is 13.0. The Bertz CT molecular complexity index is 322. The topological polar surface area (TPSA) is 0 Å². The molecule has 0 radical (unpaired) electrons. The lowest BCUT2D eigenvalue weighted by Crippen LogP contribution is -2.16. The molecule has 94 valence electrons. The number of aryl methyl sites for hydroxylation is 1. The first-order valence-corrected chi connectivity index (χ1v) is 7.50. The Hall–Kier alpha value is -0.490. The van der Waals surface area contributed by atoms with E-state index in [0.717, 1.165) is 24.6 Å². The third-order valence-electron chi connectivity index (χ3n) is 4.19. The fourth-order valence-electron chi connectivity index (χ4n) is 2.99. The van der Waals surface area contributed by atoms with Crippen LogP contribution in [0.2, 0.25) is 0 Å². The average Bonchev–Trinajstić information content (AvgIpc) is 2.90. The molecule has 1 fully saturated rings. The largest absolute Gasteiger partial charge is 0.126 e. The molecule has 1 unspecified atom stereocenters. The van der Waals surface area contributed by atoms with Crippen molar-refractivity contribution in [1.29, 1.82) is 0 Å². The van der Waals surface area contributed by atoms with Gasteiger partial charge in [-0.25, -0.2) is 0 Å². The number of alkyl halides is 1. The van der Waals surface area contributed by atoms with Gasteiger partial charge in [0.1, 0.15) is 0 Å². The molecule has 1 aromatic carbocycles. The van der Waals surface area contributed by atoms with E-state index in [2.05, 4.69) is 31.2 Å². The minimum Gasteiger partial charge on any atom is -0.126 e. The summed E-state index contributed by atoms with van der Waals surface area (Å²) < 4.78 is 0. The molecule has 0 nitrogen and oxygen atoms in total. The molecule has 1 aromatic rings. The van der Waals surface area contributed by atoms with Gasteiger partial charge in [-0.05, 0) is 35.8 Å². The summed E-state index contributed by atoms with van der Waals surface area (Å²) in [5.74, 6) is 2.38. The first-order chi connectivity index (χ1) is 8.33. The molecule has 2 rings (SSSR count). The molecular formula is C16H23Cl. The fourth-order valence-corrected chi connectivity index (χ4v) is 3.35. The lowest BCUT2D eigenvalue weighted by molar-refractivity contribution is 0.369. The van der Waals surface area contributed by atoms with Gasteiger partial charge in [0, 0.05) is 5.88 Å². The molecule has 0 bridgehead atoms. The van der Waals surface area contributed by atoms with Gasteiger partial charge in [0.05, 0.1) is 0 Å². The summed E-state index contributed by atoms with van der Waals surface area (Å²) in [5.41, 5.74) is 2.89. The Labute approximate surface area is 110 Å². The molecule has 1 aliphatic carbocycles. The standard InChI is InChI=1S/C16H23Cl/c1-2-13-7-9-14(10-8-13)11-16(12-17)15-5-3-4-6-15/h7-10,15-16H,2-6,11-12H2,1H3. The predicted molar refractivity (Wildman–Crippen MR) is 75.7 cm³/mol. The summed E-state index contributed by atoms with van der Waals surface area (Å²) in [7, 11) is 0. The van der Waals surface area contributed by atoms with Crippen molar-refractivity contribution in [2.24, 2.45) is 11.8 Å². The molecule has 1 heteroatoms. The quantitative estimate of drug-likeness (QED) is 0.657. The number of halogens is 1. The van der Waals surface area contributed by atoms with Crippen LogP contribution in [0.15, 0.2) is 24.3 Å². The van der Waals surface area contributed by atoms with Gasteiger partial charge in [0.2, 0.25) is 0 Å². The summed E-state index contributed by atoms with van der Waals surface area (Å²) >= 11 is 6.16. The van der Waals surface area contributed by atoms with Crippen molar-refractivity contribution < 1.29 is 0 Å². The molecular weight excluding hydrogens is 228 g/mol. The first-order valence-electron chi connectivity index (χ1n) is 6.97. The van der Waals surface area contributed by atoms with Crippen LogP contribution in [0, 0.1) is 11.8 Å². The van der Waals surface area contributed by atoms with E-state index in [1.165, 1.54) is 36.8 Å². The molecule has 0 heterocycles. The monoisotopic (exact) mass is 250 g/mol. The Balaban J connectivity index is 1.96. The zero-order chi connectivity index (χ0) is 12.1. The van der Waals surface area contributed by atoms with Crippen molar-refractivity contribution in [3.05, 3.63) is 35.4 Å². The van der Waals surface area contributed by atoms with Crippen LogP contribution < -0.4 is 0 Å². The summed E-state index contributed by atoms with van der Waals surface area (Å²) in [6.45, 7) is 2.20. The highest BCUT2D eigenvalue weighted by Gasteiger charge is 2.24. The maximum absolute atomic E-state index is 6.16. The zero-order valence-electron chi connectivity index (χ0n) is 10.8. The summed E-state index contributed by atoms with van der Waals surface area (Å²) in [5, 5.41) is 0. The lowest BCUT2D eigenvalue weighted by atomic mass is 9.87. The van der Waals surface area contributed by atoms with Crippen molar-refractivity contribution in [2.45, 2.75) is 45.4 Å². The summed E-state index contributed by atoms with van der Waals surface area (Å²) in [6.07, 6.45) is 7.90. The van der Waals surface area contributed by atoms with Gasteiger partial charge in [0.15, 0.2) is 0 Å². The van der Waals surface area contributed by atoms with Gasteiger partial charge in [0.25, 0.3) is 0 Å². The minimum absolute atomic E-state index is 0.687. The van der Waals surface area contributed by atoms with Crippen LogP contribution in [0.1, 0.15) is 43.7 Å². The summed E-state index contributed by atoms with van der Waals surface area (Å²) in [6, 6.07) is 9.09. The van der Waals surface area contributed by atoms with Crippen LogP contribution in [0.4, 0.5) is 0 Å². The maximum Gasteiger partial charge on any atom is 0.0257 e. The van der Waals surface area contributed by atoms with E-state index in [9.17, 15) is 0 Å². The van der Waals surface area contributed by atoms with Crippen LogP contribution in [-0.4, -0.2) is 5.88 Å². The molecule has 0 N–H and O–H groups in total. The fraction of sp³-hybridized carbons (Fsp3) is 0.625. The highest BCUT2D eigenvalue weighted by atomic mass is 35.5. The second-order valence-electron chi connectivity index (χ2n) is 5.33. The lowest BCUT2D eigenvalue weighted by Gasteiger charge is -2.21. The predicted octanol–water partition coefficient (Wildman–Crippen LogP) is 4.84. The van der Waals surface area contributed by atoms with Gasteiger partial charge in [-0.15, -0.1) is 11.6 Å². The Morgan fingerprint density at radius 2 is 1.71 bits per heavy atom. The van der Waals surface area contributed by atoms with Crippen molar-refractivity contribution in [3.8, 4) is 0 Å². The molecule has 0 aromatic heterocycles. The van der Waals surface area contributed by atoms with Crippen LogP contribution in [-0.2, 0) is 12.8 Å². The van der Waals surface area contributed by atoms with Gasteiger partial charge >= 0.3 is 0 Å². The zero-order valence-corrected chi connectivity index (χ0v) is 11.5. The van der Waals surface area contributed by atoms with Crippen LogP contribution in [0.5, 0.6) is 0 Å². The maximum atomic E-state index is 6.16. The Morgan fingerprint density at radius 1 is 1.12 bits per heavy atom. The molecule has 0 saturated heterocycles. The van der Waals surface area contributed by atoms with E-state index in [4.69, 9.17) is 11.6 Å². The van der Waals surface area contributed by atoms with Crippen molar-refractivity contribution >= 4 is 11.6 Å². The molecule has 0 aliphatic heterocycles.